The molecule has 1 amide bonds. The minimum absolute atomic E-state index is 0.0188. The first-order valence-electron chi connectivity index (χ1n) is 5.83. The number of amides is 1. The maximum Gasteiger partial charge on any atom is 0.235 e. The Balaban J connectivity index is 1.73. The fraction of sp³-hybridized carbons (Fsp3) is 0.308. The van der Waals surface area contributed by atoms with Gasteiger partial charge in [-0.15, -0.1) is 10.2 Å². The largest absolute Gasteiger partial charge is 0.424 e. The highest BCUT2D eigenvalue weighted by Crippen LogP contribution is 2.02. The Morgan fingerprint density at radius 2 is 2.06 bits per heavy atom. The number of aryl methyl sites for hydroxylation is 2. The van der Waals surface area contributed by atoms with Crippen LogP contribution in [0, 0.1) is 6.92 Å². The molecule has 0 aliphatic carbocycles. The van der Waals surface area contributed by atoms with Gasteiger partial charge in [-0.2, -0.15) is 0 Å². The Morgan fingerprint density at radius 1 is 1.28 bits per heavy atom. The summed E-state index contributed by atoms with van der Waals surface area (Å²) < 4.78 is 5.16. The van der Waals surface area contributed by atoms with Crippen LogP contribution in [0.15, 0.2) is 34.7 Å². The smallest absolute Gasteiger partial charge is 0.235 e. The zero-order chi connectivity index (χ0) is 12.8. The molecule has 18 heavy (non-hydrogen) atoms. The number of nitrogens with one attached hydrogen (secondary N) is 1. The maximum absolute atomic E-state index is 11.6. The number of hydrogen-bond donors (Lipinski definition) is 1. The molecule has 0 unspecified atom stereocenters. The molecule has 0 spiro atoms. The van der Waals surface area contributed by atoms with Crippen LogP contribution in [0.1, 0.15) is 23.8 Å². The van der Waals surface area contributed by atoms with Gasteiger partial charge in [0.15, 0.2) is 0 Å². The second kappa shape index (κ2) is 5.95. The van der Waals surface area contributed by atoms with Crippen LogP contribution in [-0.2, 0) is 17.8 Å². The topological polar surface area (TPSA) is 68.0 Å². The molecule has 0 radical (unpaired) electrons. The number of hydrogen-bond acceptors (Lipinski definition) is 4. The summed E-state index contributed by atoms with van der Waals surface area (Å²) in [5.41, 5.74) is 1.15. The monoisotopic (exact) mass is 245 g/mol. The van der Waals surface area contributed by atoms with Crippen molar-refractivity contribution in [3.8, 4) is 0 Å². The van der Waals surface area contributed by atoms with E-state index in [0.29, 0.717) is 18.2 Å². The summed E-state index contributed by atoms with van der Waals surface area (Å²) in [5, 5.41) is 10.2. The average molecular weight is 245 g/mol. The quantitative estimate of drug-likeness (QED) is 0.869. The van der Waals surface area contributed by atoms with Crippen molar-refractivity contribution in [2.24, 2.45) is 0 Å². The van der Waals surface area contributed by atoms with Crippen LogP contribution >= 0.6 is 0 Å². The Kier molecular flexibility index (Phi) is 4.06. The van der Waals surface area contributed by atoms with Crippen LogP contribution in [0.25, 0.3) is 0 Å². The van der Waals surface area contributed by atoms with Crippen LogP contribution in [0.3, 0.4) is 0 Å². The van der Waals surface area contributed by atoms with Crippen molar-refractivity contribution < 1.29 is 9.21 Å². The van der Waals surface area contributed by atoms with E-state index in [2.05, 4.69) is 15.5 Å². The molecule has 0 aliphatic heterocycles. The van der Waals surface area contributed by atoms with Gasteiger partial charge in [-0.3, -0.25) is 4.79 Å². The summed E-state index contributed by atoms with van der Waals surface area (Å²) in [4.78, 5) is 11.6. The van der Waals surface area contributed by atoms with E-state index >= 15 is 0 Å². The summed E-state index contributed by atoms with van der Waals surface area (Å²) in [6.45, 7) is 2.00. The van der Waals surface area contributed by atoms with E-state index in [1.54, 1.807) is 6.92 Å². The van der Waals surface area contributed by atoms with Gasteiger partial charge in [0.05, 0.1) is 6.54 Å². The lowest BCUT2D eigenvalue weighted by molar-refractivity contribution is -0.121. The molecule has 2 aromatic rings. The van der Waals surface area contributed by atoms with Crippen molar-refractivity contribution in [2.75, 3.05) is 0 Å². The summed E-state index contributed by atoms with van der Waals surface area (Å²) in [5.74, 6) is 0.916. The maximum atomic E-state index is 11.6. The molecule has 1 N–H and O–H groups in total. The van der Waals surface area contributed by atoms with Crippen molar-refractivity contribution in [1.29, 1.82) is 0 Å². The SMILES string of the molecule is Cc1nnc(CNC(=O)CCc2ccccc2)o1. The van der Waals surface area contributed by atoms with Crippen LogP contribution in [0.2, 0.25) is 0 Å². The molecule has 0 bridgehead atoms. The van der Waals surface area contributed by atoms with E-state index in [-0.39, 0.29) is 12.5 Å². The van der Waals surface area contributed by atoms with Gasteiger partial charge in [-0.25, -0.2) is 0 Å². The van der Waals surface area contributed by atoms with Crippen LogP contribution < -0.4 is 5.32 Å². The van der Waals surface area contributed by atoms with Gasteiger partial charge in [-0.1, -0.05) is 30.3 Å². The third-order valence-corrected chi connectivity index (χ3v) is 2.49. The van der Waals surface area contributed by atoms with Crippen LogP contribution in [0.4, 0.5) is 0 Å². The normalized spacial score (nSPS) is 10.3. The van der Waals surface area contributed by atoms with E-state index in [1.807, 2.05) is 30.3 Å². The minimum Gasteiger partial charge on any atom is -0.424 e. The predicted molar refractivity (Wildman–Crippen MR) is 65.6 cm³/mol. The van der Waals surface area contributed by atoms with Crippen molar-refractivity contribution in [1.82, 2.24) is 15.5 Å². The Morgan fingerprint density at radius 3 is 2.72 bits per heavy atom. The molecule has 0 saturated heterocycles. The average Bonchev–Trinajstić information content (AvgIpc) is 2.81. The van der Waals surface area contributed by atoms with E-state index in [9.17, 15) is 4.79 Å². The second-order valence-electron chi connectivity index (χ2n) is 3.98. The van der Waals surface area contributed by atoms with Crippen molar-refractivity contribution in [3.63, 3.8) is 0 Å². The van der Waals surface area contributed by atoms with Gasteiger partial charge in [0.1, 0.15) is 0 Å². The van der Waals surface area contributed by atoms with Gasteiger partial charge in [-0.05, 0) is 12.0 Å². The van der Waals surface area contributed by atoms with Gasteiger partial charge in [0.25, 0.3) is 0 Å². The Labute approximate surface area is 105 Å². The number of carbonyl (C=O) groups excluding carboxylic acids is 1. The summed E-state index contributed by atoms with van der Waals surface area (Å²) in [6, 6.07) is 9.91. The molecule has 0 fully saturated rings. The molecule has 0 aliphatic rings. The second-order valence-corrected chi connectivity index (χ2v) is 3.98. The number of aromatic nitrogens is 2. The molecule has 1 aromatic heterocycles. The molecular formula is C13H15N3O2. The highest BCUT2D eigenvalue weighted by atomic mass is 16.4. The standard InChI is InChI=1S/C13H15N3O2/c1-10-15-16-13(18-10)9-14-12(17)8-7-11-5-3-2-4-6-11/h2-6H,7-9H2,1H3,(H,14,17). The molecular weight excluding hydrogens is 230 g/mol. The minimum atomic E-state index is -0.0188. The zero-order valence-electron chi connectivity index (χ0n) is 10.2. The highest BCUT2D eigenvalue weighted by molar-refractivity contribution is 5.76. The van der Waals surface area contributed by atoms with Crippen molar-refractivity contribution in [2.45, 2.75) is 26.3 Å². The third kappa shape index (κ3) is 3.69. The van der Waals surface area contributed by atoms with Crippen LogP contribution in [0.5, 0.6) is 0 Å². The van der Waals surface area contributed by atoms with Crippen molar-refractivity contribution in [3.05, 3.63) is 47.7 Å². The molecule has 0 atom stereocenters. The lowest BCUT2D eigenvalue weighted by Gasteiger charge is -2.02. The van der Waals surface area contributed by atoms with Gasteiger partial charge in [0, 0.05) is 13.3 Å². The Hall–Kier alpha value is -2.17. The van der Waals surface area contributed by atoms with E-state index in [0.717, 1.165) is 12.0 Å². The number of nitrogens with zero attached hydrogens (tertiary/aromatic N) is 2. The molecule has 2 rings (SSSR count). The van der Waals surface area contributed by atoms with E-state index in [1.165, 1.54) is 0 Å². The molecule has 0 saturated carbocycles. The highest BCUT2D eigenvalue weighted by Gasteiger charge is 2.05. The molecule has 5 heteroatoms. The molecule has 1 aromatic carbocycles. The fourth-order valence-electron chi connectivity index (χ4n) is 1.57. The van der Waals surface area contributed by atoms with E-state index < -0.39 is 0 Å². The van der Waals surface area contributed by atoms with Crippen LogP contribution in [-0.4, -0.2) is 16.1 Å². The summed E-state index contributed by atoms with van der Waals surface area (Å²) in [7, 11) is 0. The van der Waals surface area contributed by atoms with Gasteiger partial charge >= 0.3 is 0 Å². The lowest BCUT2D eigenvalue weighted by Crippen LogP contribution is -2.23. The number of benzene rings is 1. The fourth-order valence-corrected chi connectivity index (χ4v) is 1.57. The van der Waals surface area contributed by atoms with Crippen molar-refractivity contribution >= 4 is 5.91 Å². The molecule has 1 heterocycles. The first-order valence-corrected chi connectivity index (χ1v) is 5.83. The molecule has 94 valence electrons. The number of carbonyl (C=O) groups is 1. The lowest BCUT2D eigenvalue weighted by atomic mass is 10.1. The van der Waals surface area contributed by atoms with E-state index in [4.69, 9.17) is 4.42 Å². The van der Waals surface area contributed by atoms with Gasteiger partial charge < -0.3 is 9.73 Å². The zero-order valence-corrected chi connectivity index (χ0v) is 10.2. The third-order valence-electron chi connectivity index (χ3n) is 2.49. The summed E-state index contributed by atoms with van der Waals surface area (Å²) in [6.07, 6.45) is 1.19. The Bertz CT molecular complexity index is 508. The predicted octanol–water partition coefficient (Wildman–Crippen LogP) is 1.63. The summed E-state index contributed by atoms with van der Waals surface area (Å²) >= 11 is 0. The van der Waals surface area contributed by atoms with Gasteiger partial charge in [0.2, 0.25) is 17.7 Å². The number of rotatable bonds is 5. The molecule has 5 nitrogen and oxygen atoms in total. The first-order chi connectivity index (χ1) is 8.74. The first kappa shape index (κ1) is 12.3.